The largest absolute Gasteiger partial charge is 0.399 e. The maximum absolute atomic E-state index is 6.05. The van der Waals surface area contributed by atoms with Crippen molar-refractivity contribution >= 4 is 22.5 Å². The second kappa shape index (κ2) is 3.94. The molecule has 0 saturated heterocycles. The van der Waals surface area contributed by atoms with Gasteiger partial charge in [-0.1, -0.05) is 0 Å². The molecule has 0 atom stereocenters. The lowest BCUT2D eigenvalue weighted by molar-refractivity contribution is 0.132. The maximum atomic E-state index is 6.05. The number of nitrogens with two attached hydrogens (primary N) is 2. The molecule has 6 nitrogen and oxygen atoms in total. The van der Waals surface area contributed by atoms with Gasteiger partial charge >= 0.3 is 0 Å². The molecule has 0 unspecified atom stereocenters. The first-order valence-corrected chi connectivity index (χ1v) is 6.32. The van der Waals surface area contributed by atoms with Crippen molar-refractivity contribution in [1.82, 2.24) is 14.5 Å². The first kappa shape index (κ1) is 11.2. The van der Waals surface area contributed by atoms with Crippen LogP contribution in [0.1, 0.15) is 11.3 Å². The van der Waals surface area contributed by atoms with E-state index < -0.39 is 0 Å². The second-order valence-electron chi connectivity index (χ2n) is 4.80. The quantitative estimate of drug-likeness (QED) is 0.653. The van der Waals surface area contributed by atoms with Gasteiger partial charge in [-0.15, -0.1) is 0 Å². The molecule has 1 aliphatic heterocycles. The van der Waals surface area contributed by atoms with Crippen LogP contribution in [-0.4, -0.2) is 14.5 Å². The van der Waals surface area contributed by atoms with Crippen molar-refractivity contribution in [3.8, 4) is 5.69 Å². The van der Waals surface area contributed by atoms with E-state index in [1.54, 1.807) is 0 Å². The van der Waals surface area contributed by atoms with Crippen LogP contribution in [0.3, 0.4) is 0 Å². The number of aromatic nitrogens is 3. The highest BCUT2D eigenvalue weighted by Crippen LogP contribution is 2.35. The monoisotopic (exact) mass is 267 g/mol. The molecule has 1 aromatic carbocycles. The van der Waals surface area contributed by atoms with E-state index in [-0.39, 0.29) is 0 Å². The van der Waals surface area contributed by atoms with Crippen molar-refractivity contribution in [3.05, 3.63) is 41.9 Å². The zero-order chi connectivity index (χ0) is 13.7. The van der Waals surface area contributed by atoms with Crippen LogP contribution in [0.25, 0.3) is 16.7 Å². The normalized spacial score (nSPS) is 13.8. The number of nitrogens with zero attached hydrogens (tertiary/aromatic N) is 3. The molecule has 20 heavy (non-hydrogen) atoms. The Bertz CT molecular complexity index is 807. The van der Waals surface area contributed by atoms with E-state index >= 15 is 0 Å². The second-order valence-corrected chi connectivity index (χ2v) is 4.80. The van der Waals surface area contributed by atoms with Crippen LogP contribution in [0.4, 0.5) is 11.5 Å². The number of benzene rings is 1. The van der Waals surface area contributed by atoms with Crippen LogP contribution >= 0.6 is 0 Å². The molecule has 3 aromatic rings. The highest BCUT2D eigenvalue weighted by molar-refractivity contribution is 5.91. The van der Waals surface area contributed by atoms with Crippen molar-refractivity contribution in [1.29, 1.82) is 0 Å². The van der Waals surface area contributed by atoms with E-state index in [9.17, 15) is 0 Å². The summed E-state index contributed by atoms with van der Waals surface area (Å²) in [5.74, 6) is 0.473. The zero-order valence-electron chi connectivity index (χ0n) is 10.7. The lowest BCUT2D eigenvalue weighted by Gasteiger charge is -2.10. The van der Waals surface area contributed by atoms with Crippen LogP contribution in [0.5, 0.6) is 0 Å². The predicted octanol–water partition coefficient (Wildman–Crippen LogP) is 1.62. The fraction of sp³-hybridized carbons (Fsp3) is 0.143. The third-order valence-corrected chi connectivity index (χ3v) is 3.61. The molecule has 0 bridgehead atoms. The van der Waals surface area contributed by atoms with Crippen molar-refractivity contribution in [2.45, 2.75) is 13.2 Å². The van der Waals surface area contributed by atoms with Crippen molar-refractivity contribution in [2.75, 3.05) is 11.5 Å². The third kappa shape index (κ3) is 1.42. The summed E-state index contributed by atoms with van der Waals surface area (Å²) in [6, 6.07) is 7.65. The van der Waals surface area contributed by atoms with E-state index in [2.05, 4.69) is 14.5 Å². The summed E-state index contributed by atoms with van der Waals surface area (Å²) in [4.78, 5) is 8.46. The van der Waals surface area contributed by atoms with Crippen molar-refractivity contribution in [2.24, 2.45) is 0 Å². The lowest BCUT2D eigenvalue weighted by atomic mass is 10.2. The van der Waals surface area contributed by atoms with Gasteiger partial charge in [0.25, 0.3) is 0 Å². The van der Waals surface area contributed by atoms with E-state index in [0.717, 1.165) is 33.7 Å². The van der Waals surface area contributed by atoms with E-state index in [1.807, 2.05) is 24.3 Å². The molecular weight excluding hydrogens is 254 g/mol. The molecule has 2 aromatic heterocycles. The molecule has 4 rings (SSSR count). The summed E-state index contributed by atoms with van der Waals surface area (Å²) in [6.07, 6.45) is 1.49. The number of fused-ring (bicyclic) bond motifs is 3. The smallest absolute Gasteiger partial charge is 0.151 e. The van der Waals surface area contributed by atoms with E-state index in [4.69, 9.17) is 16.2 Å². The molecule has 0 fully saturated rings. The van der Waals surface area contributed by atoms with Gasteiger partial charge in [0.05, 0.1) is 18.9 Å². The van der Waals surface area contributed by atoms with E-state index in [1.165, 1.54) is 6.33 Å². The Morgan fingerprint density at radius 3 is 2.65 bits per heavy atom. The fourth-order valence-electron chi connectivity index (χ4n) is 2.70. The summed E-state index contributed by atoms with van der Waals surface area (Å²) in [5, 5.41) is 0. The van der Waals surface area contributed by atoms with Crippen LogP contribution in [-0.2, 0) is 18.0 Å². The number of ether oxygens (including phenoxy) is 1. The molecular formula is C14H13N5O. The third-order valence-electron chi connectivity index (χ3n) is 3.61. The SMILES string of the molecule is Nc1ccc(-n2c3c(c4ncnc(N)c42)COC3)cc1. The zero-order valence-corrected chi connectivity index (χ0v) is 10.7. The van der Waals surface area contributed by atoms with Gasteiger partial charge in [0.2, 0.25) is 0 Å². The van der Waals surface area contributed by atoms with Gasteiger partial charge in [0, 0.05) is 16.9 Å². The highest BCUT2D eigenvalue weighted by atomic mass is 16.5. The van der Waals surface area contributed by atoms with Crippen molar-refractivity contribution < 1.29 is 4.74 Å². The molecule has 0 saturated carbocycles. The standard InChI is InChI=1S/C14H13N5O/c15-8-1-3-9(4-2-8)19-11-6-20-5-10(11)12-13(19)14(16)18-7-17-12/h1-4,7H,5-6,15H2,(H2,16,17,18). The summed E-state index contributed by atoms with van der Waals surface area (Å²) in [7, 11) is 0. The number of rotatable bonds is 1. The molecule has 4 N–H and O–H groups in total. The Kier molecular flexibility index (Phi) is 2.22. The van der Waals surface area contributed by atoms with Gasteiger partial charge in [0.1, 0.15) is 17.4 Å². The molecule has 100 valence electrons. The summed E-state index contributed by atoms with van der Waals surface area (Å²) < 4.78 is 7.60. The van der Waals surface area contributed by atoms with E-state index in [0.29, 0.717) is 19.0 Å². The molecule has 1 aliphatic rings. The van der Waals surface area contributed by atoms with Gasteiger partial charge in [-0.05, 0) is 24.3 Å². The fourth-order valence-corrected chi connectivity index (χ4v) is 2.70. The van der Waals surface area contributed by atoms with Crippen LogP contribution < -0.4 is 11.5 Å². The first-order chi connectivity index (χ1) is 9.75. The van der Waals surface area contributed by atoms with Crippen LogP contribution in [0.15, 0.2) is 30.6 Å². The maximum Gasteiger partial charge on any atom is 0.151 e. The number of hydrogen-bond acceptors (Lipinski definition) is 5. The van der Waals surface area contributed by atoms with Gasteiger partial charge in [-0.3, -0.25) is 0 Å². The number of anilines is 2. The summed E-state index contributed by atoms with van der Waals surface area (Å²) in [6.45, 7) is 1.11. The minimum Gasteiger partial charge on any atom is -0.399 e. The topological polar surface area (TPSA) is 92.0 Å². The highest BCUT2D eigenvalue weighted by Gasteiger charge is 2.25. The number of nitrogen functional groups attached to an aromatic ring is 2. The summed E-state index contributed by atoms with van der Waals surface area (Å²) >= 11 is 0. The first-order valence-electron chi connectivity index (χ1n) is 6.32. The van der Waals surface area contributed by atoms with Gasteiger partial charge in [-0.25, -0.2) is 9.97 Å². The molecule has 6 heteroatoms. The Hall–Kier alpha value is -2.60. The van der Waals surface area contributed by atoms with Gasteiger partial charge in [0.15, 0.2) is 5.82 Å². The Morgan fingerprint density at radius 2 is 1.85 bits per heavy atom. The molecule has 0 spiro atoms. The predicted molar refractivity (Wildman–Crippen MR) is 76.2 cm³/mol. The Labute approximate surface area is 115 Å². The minimum absolute atomic E-state index is 0.473. The lowest BCUT2D eigenvalue weighted by Crippen LogP contribution is -2.03. The molecule has 3 heterocycles. The molecule has 0 amide bonds. The average molecular weight is 267 g/mol. The Balaban J connectivity index is 2.10. The average Bonchev–Trinajstić information content (AvgIpc) is 3.01. The van der Waals surface area contributed by atoms with Gasteiger partial charge < -0.3 is 20.8 Å². The Morgan fingerprint density at radius 1 is 1.05 bits per heavy atom. The van der Waals surface area contributed by atoms with Crippen LogP contribution in [0.2, 0.25) is 0 Å². The number of hydrogen-bond donors (Lipinski definition) is 2. The van der Waals surface area contributed by atoms with Gasteiger partial charge in [-0.2, -0.15) is 0 Å². The minimum atomic E-state index is 0.473. The van der Waals surface area contributed by atoms with Crippen molar-refractivity contribution in [3.63, 3.8) is 0 Å². The summed E-state index contributed by atoms with van der Waals surface area (Å²) in [5.41, 5.74) is 17.4. The molecule has 0 aliphatic carbocycles. The van der Waals surface area contributed by atoms with Crippen LogP contribution in [0, 0.1) is 0 Å². The molecule has 0 radical (unpaired) electrons.